The van der Waals surface area contributed by atoms with Crippen molar-refractivity contribution in [2.75, 3.05) is 7.05 Å². The van der Waals surface area contributed by atoms with Gasteiger partial charge in [0.2, 0.25) is 0 Å². The van der Waals surface area contributed by atoms with Crippen molar-refractivity contribution < 1.29 is 4.42 Å². The van der Waals surface area contributed by atoms with E-state index < -0.39 is 0 Å². The second kappa shape index (κ2) is 4.07. The van der Waals surface area contributed by atoms with E-state index in [9.17, 15) is 0 Å². The van der Waals surface area contributed by atoms with Gasteiger partial charge in [-0.15, -0.1) is 0 Å². The topological polar surface area (TPSA) is 25.2 Å². The van der Waals surface area contributed by atoms with Gasteiger partial charge in [0.1, 0.15) is 5.58 Å². The van der Waals surface area contributed by atoms with Crippen LogP contribution in [0, 0.1) is 0 Å². The number of fused-ring (bicyclic) bond motifs is 1. The molecular weight excluding hydrogens is 186 g/mol. The van der Waals surface area contributed by atoms with Crippen molar-refractivity contribution in [3.8, 4) is 0 Å². The van der Waals surface area contributed by atoms with Crippen molar-refractivity contribution in [1.29, 1.82) is 0 Å². The van der Waals surface area contributed by atoms with E-state index in [1.54, 1.807) is 6.26 Å². The molecule has 1 heterocycles. The summed E-state index contributed by atoms with van der Waals surface area (Å²) in [6, 6.07) is 8.89. The number of nitrogens with one attached hydrogen (secondary N) is 1. The highest BCUT2D eigenvalue weighted by Crippen LogP contribution is 2.24. The quantitative estimate of drug-likeness (QED) is 0.829. The highest BCUT2D eigenvalue weighted by molar-refractivity contribution is 5.77. The minimum atomic E-state index is 0.470. The molecule has 15 heavy (non-hydrogen) atoms. The number of furan rings is 1. The molecule has 1 N–H and O–H groups in total. The standard InChI is InChI=1S/C13H17NO/c1-9(10(2)14-3)12-5-4-11-6-7-15-13(11)8-12/h4-10,14H,1-3H3. The molecule has 2 heteroatoms. The molecule has 2 unspecified atom stereocenters. The van der Waals surface area contributed by atoms with Gasteiger partial charge < -0.3 is 9.73 Å². The predicted molar refractivity (Wildman–Crippen MR) is 63.2 cm³/mol. The molecule has 0 bridgehead atoms. The van der Waals surface area contributed by atoms with Crippen LogP contribution >= 0.6 is 0 Å². The van der Waals surface area contributed by atoms with Crippen molar-refractivity contribution in [2.24, 2.45) is 0 Å². The largest absolute Gasteiger partial charge is 0.464 e. The van der Waals surface area contributed by atoms with Gasteiger partial charge >= 0.3 is 0 Å². The maximum atomic E-state index is 5.40. The van der Waals surface area contributed by atoms with Gasteiger partial charge in [-0.3, -0.25) is 0 Å². The molecule has 0 aliphatic carbocycles. The first-order valence-corrected chi connectivity index (χ1v) is 5.37. The minimum absolute atomic E-state index is 0.470. The van der Waals surface area contributed by atoms with Crippen LogP contribution in [0.4, 0.5) is 0 Å². The number of likely N-dealkylation sites (N-methyl/N-ethyl adjacent to an activating group) is 1. The fraction of sp³-hybridized carbons (Fsp3) is 0.385. The van der Waals surface area contributed by atoms with Crippen LogP contribution in [0.2, 0.25) is 0 Å². The molecule has 0 saturated carbocycles. The van der Waals surface area contributed by atoms with Gasteiger partial charge in [-0.25, -0.2) is 0 Å². The van der Waals surface area contributed by atoms with Crippen molar-refractivity contribution in [3.05, 3.63) is 36.1 Å². The Balaban J connectivity index is 2.35. The second-order valence-electron chi connectivity index (χ2n) is 4.08. The van der Waals surface area contributed by atoms with Crippen molar-refractivity contribution in [1.82, 2.24) is 5.32 Å². The summed E-state index contributed by atoms with van der Waals surface area (Å²) >= 11 is 0. The molecule has 80 valence electrons. The van der Waals surface area contributed by atoms with E-state index in [2.05, 4.69) is 37.4 Å². The molecule has 0 amide bonds. The van der Waals surface area contributed by atoms with Crippen LogP contribution in [-0.2, 0) is 0 Å². The number of hydrogen-bond donors (Lipinski definition) is 1. The Labute approximate surface area is 90.3 Å². The van der Waals surface area contributed by atoms with E-state index in [4.69, 9.17) is 4.42 Å². The van der Waals surface area contributed by atoms with Crippen molar-refractivity contribution in [3.63, 3.8) is 0 Å². The predicted octanol–water partition coefficient (Wildman–Crippen LogP) is 3.14. The summed E-state index contributed by atoms with van der Waals surface area (Å²) in [6.45, 7) is 4.42. The molecule has 1 aromatic carbocycles. The summed E-state index contributed by atoms with van der Waals surface area (Å²) in [7, 11) is 1.99. The highest BCUT2D eigenvalue weighted by atomic mass is 16.3. The molecule has 0 radical (unpaired) electrons. The lowest BCUT2D eigenvalue weighted by Crippen LogP contribution is -2.27. The molecule has 1 aromatic heterocycles. The van der Waals surface area contributed by atoms with E-state index in [1.807, 2.05) is 13.1 Å². The Morgan fingerprint density at radius 2 is 2.00 bits per heavy atom. The van der Waals surface area contributed by atoms with Crippen LogP contribution in [0.1, 0.15) is 25.3 Å². The first-order valence-electron chi connectivity index (χ1n) is 5.37. The Kier molecular flexibility index (Phi) is 2.78. The van der Waals surface area contributed by atoms with Gasteiger partial charge in [0.25, 0.3) is 0 Å². The molecule has 2 aromatic rings. The molecular formula is C13H17NO. The molecule has 0 spiro atoms. The fourth-order valence-electron chi connectivity index (χ4n) is 1.79. The fourth-order valence-corrected chi connectivity index (χ4v) is 1.79. The molecule has 0 aliphatic rings. The number of rotatable bonds is 3. The van der Waals surface area contributed by atoms with Gasteiger partial charge in [0.05, 0.1) is 6.26 Å². The van der Waals surface area contributed by atoms with Gasteiger partial charge in [-0.2, -0.15) is 0 Å². The third kappa shape index (κ3) is 1.90. The average molecular weight is 203 g/mol. The summed E-state index contributed by atoms with van der Waals surface area (Å²) in [4.78, 5) is 0. The number of hydrogen-bond acceptors (Lipinski definition) is 2. The van der Waals surface area contributed by atoms with Gasteiger partial charge in [0, 0.05) is 11.4 Å². The zero-order valence-corrected chi connectivity index (χ0v) is 9.45. The van der Waals surface area contributed by atoms with E-state index in [-0.39, 0.29) is 0 Å². The van der Waals surface area contributed by atoms with E-state index in [1.165, 1.54) is 10.9 Å². The Morgan fingerprint density at radius 3 is 2.73 bits per heavy atom. The van der Waals surface area contributed by atoms with Gasteiger partial charge in [-0.05, 0) is 37.6 Å². The lowest BCUT2D eigenvalue weighted by atomic mass is 9.94. The van der Waals surface area contributed by atoms with Crippen LogP contribution in [-0.4, -0.2) is 13.1 Å². The summed E-state index contributed by atoms with van der Waals surface area (Å²) in [5, 5.41) is 4.44. The minimum Gasteiger partial charge on any atom is -0.464 e. The van der Waals surface area contributed by atoms with E-state index in [0.29, 0.717) is 12.0 Å². The first kappa shape index (κ1) is 10.2. The smallest absolute Gasteiger partial charge is 0.134 e. The average Bonchev–Trinajstić information content (AvgIpc) is 2.73. The van der Waals surface area contributed by atoms with Crippen LogP contribution in [0.25, 0.3) is 11.0 Å². The Morgan fingerprint density at radius 1 is 1.20 bits per heavy atom. The monoisotopic (exact) mass is 203 g/mol. The molecule has 2 nitrogen and oxygen atoms in total. The van der Waals surface area contributed by atoms with Gasteiger partial charge in [-0.1, -0.05) is 19.1 Å². The molecule has 0 fully saturated rings. The van der Waals surface area contributed by atoms with E-state index >= 15 is 0 Å². The van der Waals surface area contributed by atoms with Gasteiger partial charge in [0.15, 0.2) is 0 Å². The molecule has 0 saturated heterocycles. The highest BCUT2D eigenvalue weighted by Gasteiger charge is 2.13. The third-order valence-corrected chi connectivity index (χ3v) is 3.21. The Bertz CT molecular complexity index is 446. The van der Waals surface area contributed by atoms with E-state index in [0.717, 1.165) is 5.58 Å². The van der Waals surface area contributed by atoms with Crippen molar-refractivity contribution in [2.45, 2.75) is 25.8 Å². The molecule has 2 rings (SSSR count). The maximum Gasteiger partial charge on any atom is 0.134 e. The molecule has 2 atom stereocenters. The first-order chi connectivity index (χ1) is 7.22. The second-order valence-corrected chi connectivity index (χ2v) is 4.08. The zero-order chi connectivity index (χ0) is 10.8. The summed E-state index contributed by atoms with van der Waals surface area (Å²) < 4.78 is 5.40. The Hall–Kier alpha value is -1.28. The lowest BCUT2D eigenvalue weighted by Gasteiger charge is -2.19. The third-order valence-electron chi connectivity index (χ3n) is 3.21. The van der Waals surface area contributed by atoms with Crippen LogP contribution in [0.3, 0.4) is 0 Å². The number of benzene rings is 1. The van der Waals surface area contributed by atoms with Crippen molar-refractivity contribution >= 4 is 11.0 Å². The maximum absolute atomic E-state index is 5.40. The SMILES string of the molecule is CNC(C)C(C)c1ccc2ccoc2c1. The van der Waals surface area contributed by atoms with Crippen LogP contribution in [0.15, 0.2) is 34.9 Å². The summed E-state index contributed by atoms with van der Waals surface area (Å²) in [5.41, 5.74) is 2.29. The van der Waals surface area contributed by atoms with Crippen LogP contribution in [0.5, 0.6) is 0 Å². The lowest BCUT2D eigenvalue weighted by molar-refractivity contribution is 0.523. The van der Waals surface area contributed by atoms with Crippen LogP contribution < -0.4 is 5.32 Å². The molecule has 0 aliphatic heterocycles. The summed E-state index contributed by atoms with van der Waals surface area (Å²) in [5.74, 6) is 0.490. The zero-order valence-electron chi connectivity index (χ0n) is 9.45. The summed E-state index contributed by atoms with van der Waals surface area (Å²) in [6.07, 6.45) is 1.74. The normalized spacial score (nSPS) is 15.4.